The molecule has 19 heavy (non-hydrogen) atoms. The summed E-state index contributed by atoms with van der Waals surface area (Å²) in [6.45, 7) is 3.92. The maximum atomic E-state index is 6.04. The number of rotatable bonds is 2. The van der Waals surface area contributed by atoms with E-state index in [9.17, 15) is 0 Å². The minimum absolute atomic E-state index is 0. The second kappa shape index (κ2) is 6.44. The molecule has 3 rings (SSSR count). The Morgan fingerprint density at radius 2 is 2.26 bits per heavy atom. The normalized spacial score (nSPS) is 22.5. The summed E-state index contributed by atoms with van der Waals surface area (Å²) in [6, 6.07) is 4.69. The van der Waals surface area contributed by atoms with Gasteiger partial charge in [0, 0.05) is 35.6 Å². The number of fused-ring (bicyclic) bond motifs is 1. The molecule has 2 aliphatic rings. The maximum absolute atomic E-state index is 6.04. The molecule has 0 aliphatic carbocycles. The van der Waals surface area contributed by atoms with E-state index in [-0.39, 0.29) is 12.4 Å². The van der Waals surface area contributed by atoms with Crippen LogP contribution in [0.1, 0.15) is 24.0 Å². The zero-order chi connectivity index (χ0) is 12.5. The zero-order valence-electron chi connectivity index (χ0n) is 10.9. The molecule has 0 bridgehead atoms. The zero-order valence-corrected chi connectivity index (χ0v) is 13.3. The van der Waals surface area contributed by atoms with Gasteiger partial charge in [-0.25, -0.2) is 0 Å². The molecule has 1 unspecified atom stereocenters. The molecule has 2 aliphatic heterocycles. The van der Waals surface area contributed by atoms with Crippen molar-refractivity contribution in [2.24, 2.45) is 5.73 Å². The predicted molar refractivity (Wildman–Crippen MR) is 83.1 cm³/mol. The summed E-state index contributed by atoms with van der Waals surface area (Å²) in [6.07, 6.45) is 3.39. The molecule has 0 aromatic heterocycles. The van der Waals surface area contributed by atoms with E-state index in [4.69, 9.17) is 10.5 Å². The number of benzene rings is 1. The van der Waals surface area contributed by atoms with Gasteiger partial charge in [0.15, 0.2) is 0 Å². The van der Waals surface area contributed by atoms with E-state index < -0.39 is 0 Å². The summed E-state index contributed by atoms with van der Waals surface area (Å²) in [7, 11) is 0. The Bertz CT molecular complexity index is 455. The molecule has 0 saturated carbocycles. The lowest BCUT2D eigenvalue weighted by Crippen LogP contribution is -2.42. The van der Waals surface area contributed by atoms with Gasteiger partial charge in [0.05, 0.1) is 6.61 Å². The van der Waals surface area contributed by atoms with Crippen molar-refractivity contribution >= 4 is 28.3 Å². The Morgan fingerprint density at radius 3 is 3.05 bits per heavy atom. The highest BCUT2D eigenvalue weighted by Crippen LogP contribution is 2.34. The van der Waals surface area contributed by atoms with Gasteiger partial charge in [-0.15, -0.1) is 12.4 Å². The summed E-state index contributed by atoms with van der Waals surface area (Å²) in [4.78, 5) is 2.44. The number of nitrogens with two attached hydrogens (primary N) is 1. The van der Waals surface area contributed by atoms with Gasteiger partial charge in [-0.3, -0.25) is 4.90 Å². The van der Waals surface area contributed by atoms with E-state index in [2.05, 4.69) is 33.0 Å². The van der Waals surface area contributed by atoms with Crippen molar-refractivity contribution in [2.75, 3.05) is 19.7 Å². The van der Waals surface area contributed by atoms with Crippen LogP contribution in [0.25, 0.3) is 0 Å². The number of likely N-dealkylation sites (tertiary alicyclic amines) is 1. The van der Waals surface area contributed by atoms with Crippen LogP contribution >= 0.6 is 28.3 Å². The topological polar surface area (TPSA) is 38.5 Å². The van der Waals surface area contributed by atoms with E-state index in [1.54, 1.807) is 0 Å². The number of hydrogen-bond donors (Lipinski definition) is 1. The molecule has 1 aromatic carbocycles. The first kappa shape index (κ1) is 15.1. The van der Waals surface area contributed by atoms with Crippen LogP contribution in [0.4, 0.5) is 0 Å². The third-order valence-corrected chi connectivity index (χ3v) is 4.22. The molecule has 1 fully saturated rings. The molecular formula is C14H20BrClN2O. The van der Waals surface area contributed by atoms with Crippen LogP contribution in [0.3, 0.4) is 0 Å². The average Bonchev–Trinajstić information content (AvgIpc) is 2.77. The van der Waals surface area contributed by atoms with Crippen LogP contribution < -0.4 is 10.5 Å². The summed E-state index contributed by atoms with van der Waals surface area (Å²) >= 11 is 3.59. The summed E-state index contributed by atoms with van der Waals surface area (Å²) in [5.41, 5.74) is 8.67. The molecule has 1 atom stereocenters. The lowest BCUT2D eigenvalue weighted by Gasteiger charge is -2.31. The van der Waals surface area contributed by atoms with Crippen LogP contribution in [0, 0.1) is 0 Å². The third-order valence-electron chi connectivity index (χ3n) is 3.76. The third kappa shape index (κ3) is 3.43. The van der Waals surface area contributed by atoms with Crippen LogP contribution in [-0.2, 0) is 13.0 Å². The molecule has 5 heteroatoms. The SMILES string of the molecule is Cl.NC1CCCN(Cc2cc(Br)cc3c2OCC3)C1. The first-order valence-electron chi connectivity index (χ1n) is 6.64. The predicted octanol–water partition coefficient (Wildman–Crippen LogP) is 2.73. The molecule has 0 amide bonds. The van der Waals surface area contributed by atoms with Crippen LogP contribution in [0.5, 0.6) is 5.75 Å². The molecule has 2 N–H and O–H groups in total. The van der Waals surface area contributed by atoms with Crippen LogP contribution in [0.2, 0.25) is 0 Å². The minimum atomic E-state index is 0. The molecule has 106 valence electrons. The molecule has 3 nitrogen and oxygen atoms in total. The molecule has 0 spiro atoms. The van der Waals surface area contributed by atoms with Gasteiger partial charge in [-0.2, -0.15) is 0 Å². The van der Waals surface area contributed by atoms with Crippen LogP contribution in [0.15, 0.2) is 16.6 Å². The van der Waals surface area contributed by atoms with E-state index in [0.717, 1.165) is 49.3 Å². The minimum Gasteiger partial charge on any atom is -0.493 e. The summed E-state index contributed by atoms with van der Waals surface area (Å²) in [5.74, 6) is 1.11. The van der Waals surface area contributed by atoms with Crippen molar-refractivity contribution in [3.63, 3.8) is 0 Å². The Hall–Kier alpha value is -0.290. The van der Waals surface area contributed by atoms with Gasteiger partial charge in [-0.05, 0) is 37.1 Å². The Labute approximate surface area is 129 Å². The molecule has 1 aromatic rings. The van der Waals surface area contributed by atoms with Crippen molar-refractivity contribution in [3.8, 4) is 5.75 Å². The van der Waals surface area contributed by atoms with Crippen molar-refractivity contribution in [3.05, 3.63) is 27.7 Å². The van der Waals surface area contributed by atoms with Gasteiger partial charge < -0.3 is 10.5 Å². The van der Waals surface area contributed by atoms with Crippen molar-refractivity contribution in [1.29, 1.82) is 0 Å². The first-order valence-corrected chi connectivity index (χ1v) is 7.44. The smallest absolute Gasteiger partial charge is 0.127 e. The molecule has 2 heterocycles. The Kier molecular flexibility index (Phi) is 5.12. The second-order valence-corrected chi connectivity index (χ2v) is 6.20. The highest BCUT2D eigenvalue weighted by molar-refractivity contribution is 9.10. The standard InChI is InChI=1S/C14H19BrN2O.ClH/c15-12-6-10-3-5-18-14(10)11(7-12)8-17-4-1-2-13(16)9-17;/h6-7,13H,1-5,8-9,16H2;1H. The van der Waals surface area contributed by atoms with E-state index in [1.807, 2.05) is 0 Å². The molecule has 1 saturated heterocycles. The summed E-state index contributed by atoms with van der Waals surface area (Å²) in [5, 5.41) is 0. The number of halogens is 2. The van der Waals surface area contributed by atoms with Gasteiger partial charge in [0.2, 0.25) is 0 Å². The first-order chi connectivity index (χ1) is 8.72. The fourth-order valence-electron chi connectivity index (χ4n) is 2.94. The number of ether oxygens (including phenoxy) is 1. The van der Waals surface area contributed by atoms with Gasteiger partial charge >= 0.3 is 0 Å². The number of hydrogen-bond acceptors (Lipinski definition) is 3. The highest BCUT2D eigenvalue weighted by Gasteiger charge is 2.21. The Balaban J connectivity index is 0.00000133. The molecular weight excluding hydrogens is 328 g/mol. The average molecular weight is 348 g/mol. The fourth-order valence-corrected chi connectivity index (χ4v) is 3.49. The highest BCUT2D eigenvalue weighted by atomic mass is 79.9. The van der Waals surface area contributed by atoms with E-state index in [1.165, 1.54) is 17.5 Å². The second-order valence-electron chi connectivity index (χ2n) is 5.29. The van der Waals surface area contributed by atoms with Gasteiger partial charge in [0.25, 0.3) is 0 Å². The van der Waals surface area contributed by atoms with Gasteiger partial charge in [-0.1, -0.05) is 15.9 Å². The maximum Gasteiger partial charge on any atom is 0.127 e. The molecule has 0 radical (unpaired) electrons. The van der Waals surface area contributed by atoms with E-state index >= 15 is 0 Å². The lowest BCUT2D eigenvalue weighted by molar-refractivity contribution is 0.199. The van der Waals surface area contributed by atoms with Crippen molar-refractivity contribution < 1.29 is 4.74 Å². The fraction of sp³-hybridized carbons (Fsp3) is 0.571. The number of piperidine rings is 1. The summed E-state index contributed by atoms with van der Waals surface area (Å²) < 4.78 is 6.93. The number of nitrogens with zero attached hydrogens (tertiary/aromatic N) is 1. The Morgan fingerprint density at radius 1 is 1.42 bits per heavy atom. The lowest BCUT2D eigenvalue weighted by atomic mass is 10.0. The van der Waals surface area contributed by atoms with Gasteiger partial charge in [0.1, 0.15) is 5.75 Å². The van der Waals surface area contributed by atoms with E-state index in [0.29, 0.717) is 6.04 Å². The quantitative estimate of drug-likeness (QED) is 0.894. The largest absolute Gasteiger partial charge is 0.493 e. The van der Waals surface area contributed by atoms with Crippen molar-refractivity contribution in [1.82, 2.24) is 4.90 Å². The van der Waals surface area contributed by atoms with Crippen molar-refractivity contribution in [2.45, 2.75) is 31.8 Å². The van der Waals surface area contributed by atoms with Crippen LogP contribution in [-0.4, -0.2) is 30.6 Å². The monoisotopic (exact) mass is 346 g/mol.